The first-order valence-electron chi connectivity index (χ1n) is 8.45. The van der Waals surface area contributed by atoms with Crippen LogP contribution in [-0.2, 0) is 11.2 Å². The van der Waals surface area contributed by atoms with Crippen LogP contribution in [0.1, 0.15) is 56.0 Å². The van der Waals surface area contributed by atoms with Gasteiger partial charge in [0.05, 0.1) is 11.1 Å². The van der Waals surface area contributed by atoms with Crippen molar-refractivity contribution in [3.8, 4) is 11.5 Å². The maximum atomic E-state index is 14.6. The van der Waals surface area contributed by atoms with Crippen molar-refractivity contribution in [2.75, 3.05) is 0 Å². The van der Waals surface area contributed by atoms with E-state index in [1.54, 1.807) is 0 Å². The summed E-state index contributed by atoms with van der Waals surface area (Å²) in [4.78, 5) is 37.5. The minimum atomic E-state index is -2.65. The molecule has 2 aliphatic rings. The monoisotopic (exact) mass is 386 g/mol. The van der Waals surface area contributed by atoms with Crippen molar-refractivity contribution in [3.63, 3.8) is 0 Å². The van der Waals surface area contributed by atoms with Crippen molar-refractivity contribution in [1.29, 1.82) is 0 Å². The van der Waals surface area contributed by atoms with Gasteiger partial charge in [0.15, 0.2) is 29.1 Å². The number of ketones is 3. The summed E-state index contributed by atoms with van der Waals surface area (Å²) in [5.74, 6) is -4.13. The van der Waals surface area contributed by atoms with Crippen LogP contribution in [0.5, 0.6) is 11.5 Å². The van der Waals surface area contributed by atoms with Gasteiger partial charge in [-0.3, -0.25) is 14.4 Å². The predicted molar refractivity (Wildman–Crippen MR) is 92.3 cm³/mol. The normalized spacial score (nSPS) is 25.7. The van der Waals surface area contributed by atoms with Gasteiger partial charge in [0, 0.05) is 28.7 Å². The van der Waals surface area contributed by atoms with E-state index in [-0.39, 0.29) is 16.7 Å². The summed E-state index contributed by atoms with van der Waals surface area (Å²) >= 11 is 0. The lowest BCUT2D eigenvalue weighted by Crippen LogP contribution is -2.53. The number of carbonyl (C=O) groups excluding carboxylic acids is 3. The molecule has 3 atom stereocenters. The molecule has 4 rings (SSSR count). The number of phenolic OH excluding ortho intramolecular Hbond substituents is 2. The Kier molecular flexibility index (Phi) is 3.72. The Hall–Kier alpha value is -3.10. The van der Waals surface area contributed by atoms with Gasteiger partial charge in [-0.25, -0.2) is 4.39 Å². The molecule has 0 amide bonds. The molecule has 7 nitrogen and oxygen atoms in total. The number of aliphatic hydroxyl groups is 2. The highest BCUT2D eigenvalue weighted by Crippen LogP contribution is 2.51. The summed E-state index contributed by atoms with van der Waals surface area (Å²) in [6.07, 6.45) is -5.46. The van der Waals surface area contributed by atoms with Crippen LogP contribution in [0.15, 0.2) is 24.3 Å². The van der Waals surface area contributed by atoms with E-state index < -0.39 is 69.8 Å². The van der Waals surface area contributed by atoms with E-state index in [1.165, 1.54) is 24.3 Å². The third-order valence-corrected chi connectivity index (χ3v) is 5.55. The van der Waals surface area contributed by atoms with E-state index in [0.717, 1.165) is 6.92 Å². The third kappa shape index (κ3) is 2.07. The highest BCUT2D eigenvalue weighted by atomic mass is 19.1. The molecule has 0 saturated heterocycles. The van der Waals surface area contributed by atoms with E-state index in [2.05, 4.69) is 0 Å². The van der Waals surface area contributed by atoms with E-state index in [4.69, 9.17) is 0 Å². The molecule has 28 heavy (non-hydrogen) atoms. The van der Waals surface area contributed by atoms with Gasteiger partial charge in [0.25, 0.3) is 0 Å². The Labute approximate surface area is 157 Å². The molecule has 0 fully saturated rings. The number of hydrogen-bond acceptors (Lipinski definition) is 7. The van der Waals surface area contributed by atoms with Crippen molar-refractivity contribution in [2.24, 2.45) is 0 Å². The molecule has 3 unspecified atom stereocenters. The lowest BCUT2D eigenvalue weighted by atomic mass is 9.71. The van der Waals surface area contributed by atoms with Crippen LogP contribution in [0.25, 0.3) is 0 Å². The van der Waals surface area contributed by atoms with Gasteiger partial charge < -0.3 is 20.4 Å². The minimum Gasteiger partial charge on any atom is -0.507 e. The molecule has 0 radical (unpaired) electrons. The number of carbonyl (C=O) groups is 3. The molecule has 0 aliphatic heterocycles. The maximum absolute atomic E-state index is 14.6. The Morgan fingerprint density at radius 2 is 1.57 bits per heavy atom. The smallest absolute Gasteiger partial charge is 0.198 e. The van der Waals surface area contributed by atoms with Gasteiger partial charge in [-0.05, 0) is 6.92 Å². The molecular formula is C20H15FO7. The van der Waals surface area contributed by atoms with Crippen molar-refractivity contribution < 1.29 is 39.2 Å². The van der Waals surface area contributed by atoms with Crippen LogP contribution in [0.3, 0.4) is 0 Å². The SMILES string of the molecule is CC(=O)C1(O)Cc2c(O)c3c(c(O)c2C(O)C1F)C(=O)c1ccccc1C3=O. The first-order chi connectivity index (χ1) is 13.1. The summed E-state index contributed by atoms with van der Waals surface area (Å²) in [6, 6.07) is 5.80. The number of alkyl halides is 1. The Balaban J connectivity index is 2.06. The average molecular weight is 386 g/mol. The second-order valence-corrected chi connectivity index (χ2v) is 7.05. The summed E-state index contributed by atoms with van der Waals surface area (Å²) in [5.41, 5.74) is -4.56. The largest absolute Gasteiger partial charge is 0.507 e. The molecule has 144 valence electrons. The zero-order chi connectivity index (χ0) is 20.5. The summed E-state index contributed by atoms with van der Waals surface area (Å²) in [7, 11) is 0. The number of rotatable bonds is 1. The van der Waals surface area contributed by atoms with E-state index in [1.807, 2.05) is 0 Å². The number of Topliss-reactive ketones (excluding diaryl/α,β-unsaturated/α-hetero) is 1. The molecule has 2 aromatic carbocycles. The highest BCUT2D eigenvalue weighted by Gasteiger charge is 2.53. The highest BCUT2D eigenvalue weighted by molar-refractivity contribution is 6.30. The molecule has 8 heteroatoms. The Morgan fingerprint density at radius 1 is 1.07 bits per heavy atom. The number of benzene rings is 2. The van der Waals surface area contributed by atoms with Crippen molar-refractivity contribution in [3.05, 3.63) is 57.6 Å². The molecule has 4 N–H and O–H groups in total. The second-order valence-electron chi connectivity index (χ2n) is 7.05. The molecule has 0 heterocycles. The van der Waals surface area contributed by atoms with Gasteiger partial charge in [0.2, 0.25) is 0 Å². The zero-order valence-electron chi connectivity index (χ0n) is 14.6. The molecule has 0 spiro atoms. The number of phenols is 2. The molecule has 0 saturated carbocycles. The van der Waals surface area contributed by atoms with Crippen LogP contribution in [0.2, 0.25) is 0 Å². The lowest BCUT2D eigenvalue weighted by Gasteiger charge is -2.39. The van der Waals surface area contributed by atoms with Crippen LogP contribution < -0.4 is 0 Å². The molecular weight excluding hydrogens is 371 g/mol. The molecule has 0 bridgehead atoms. The van der Waals surface area contributed by atoms with Crippen molar-refractivity contribution in [2.45, 2.75) is 31.2 Å². The first-order valence-corrected chi connectivity index (χ1v) is 8.45. The van der Waals surface area contributed by atoms with Gasteiger partial charge in [-0.2, -0.15) is 0 Å². The van der Waals surface area contributed by atoms with Gasteiger partial charge >= 0.3 is 0 Å². The summed E-state index contributed by atoms with van der Waals surface area (Å²) < 4.78 is 14.6. The van der Waals surface area contributed by atoms with Gasteiger partial charge in [-0.15, -0.1) is 0 Å². The molecule has 2 aromatic rings. The Bertz CT molecular complexity index is 1090. The fraction of sp³-hybridized carbons (Fsp3) is 0.250. The predicted octanol–water partition coefficient (Wildman–Crippen LogP) is 1.12. The standard InChI is InChI=1S/C20H15FO7/c1-7(22)20(28)6-10-11(18(27)19(20)21)17(26)13-12(16(10)25)14(23)8-4-2-3-5-9(8)15(13)24/h2-5,18-19,25-28H,6H2,1H3. The van der Waals surface area contributed by atoms with Crippen molar-refractivity contribution in [1.82, 2.24) is 0 Å². The zero-order valence-corrected chi connectivity index (χ0v) is 14.6. The molecule has 0 aromatic heterocycles. The Morgan fingerprint density at radius 3 is 2.07 bits per heavy atom. The number of hydrogen-bond donors (Lipinski definition) is 4. The van der Waals surface area contributed by atoms with Crippen LogP contribution in [0.4, 0.5) is 4.39 Å². The second kappa shape index (κ2) is 5.70. The third-order valence-electron chi connectivity index (χ3n) is 5.55. The quantitative estimate of drug-likeness (QED) is 0.461. The molecule has 2 aliphatic carbocycles. The van der Waals surface area contributed by atoms with Crippen molar-refractivity contribution >= 4 is 17.3 Å². The summed E-state index contributed by atoms with van der Waals surface area (Å²) in [5, 5.41) is 42.0. The van der Waals surface area contributed by atoms with E-state index in [9.17, 15) is 39.2 Å². The number of fused-ring (bicyclic) bond motifs is 3. The van der Waals surface area contributed by atoms with Crippen LogP contribution in [-0.4, -0.2) is 49.5 Å². The van der Waals surface area contributed by atoms with Crippen LogP contribution in [0, 0.1) is 0 Å². The fourth-order valence-electron chi connectivity index (χ4n) is 3.97. The lowest BCUT2D eigenvalue weighted by molar-refractivity contribution is -0.152. The first kappa shape index (κ1) is 18.3. The van der Waals surface area contributed by atoms with E-state index >= 15 is 0 Å². The van der Waals surface area contributed by atoms with Gasteiger partial charge in [0.1, 0.15) is 17.6 Å². The number of halogens is 1. The van der Waals surface area contributed by atoms with Crippen LogP contribution >= 0.6 is 0 Å². The minimum absolute atomic E-state index is 0.00279. The fourth-order valence-corrected chi connectivity index (χ4v) is 3.97. The summed E-state index contributed by atoms with van der Waals surface area (Å²) in [6.45, 7) is 0.921. The number of aliphatic hydroxyl groups excluding tert-OH is 1. The van der Waals surface area contributed by atoms with E-state index in [0.29, 0.717) is 0 Å². The average Bonchev–Trinajstić information content (AvgIpc) is 2.66. The maximum Gasteiger partial charge on any atom is 0.198 e. The van der Waals surface area contributed by atoms with Gasteiger partial charge in [-0.1, -0.05) is 24.3 Å². The number of aromatic hydroxyl groups is 2. The topological polar surface area (TPSA) is 132 Å².